The van der Waals surface area contributed by atoms with E-state index in [2.05, 4.69) is 27.0 Å². The molecule has 10 heteroatoms. The quantitative estimate of drug-likeness (QED) is 0.503. The number of aromatic nitrogens is 3. The van der Waals surface area contributed by atoms with Gasteiger partial charge in [-0.15, -0.1) is 0 Å². The topological polar surface area (TPSA) is 121 Å². The van der Waals surface area contributed by atoms with Crippen molar-refractivity contribution < 1.29 is 24.2 Å². The number of amides is 1. The number of Topliss-reactive ketones (excluding diaryl/α,β-unsaturated/α-hetero) is 1. The number of ketones is 1. The van der Waals surface area contributed by atoms with Crippen LogP contribution in [0.3, 0.4) is 0 Å². The molecule has 3 aromatic rings. The molecule has 0 bridgehead atoms. The van der Waals surface area contributed by atoms with Crippen molar-refractivity contribution in [1.29, 1.82) is 0 Å². The van der Waals surface area contributed by atoms with E-state index in [1.54, 1.807) is 18.3 Å². The van der Waals surface area contributed by atoms with Crippen LogP contribution in [0.4, 0.5) is 4.79 Å². The van der Waals surface area contributed by atoms with E-state index >= 15 is 0 Å². The second kappa shape index (κ2) is 8.94. The van der Waals surface area contributed by atoms with E-state index in [9.17, 15) is 14.7 Å². The molecule has 3 aliphatic rings. The van der Waals surface area contributed by atoms with Gasteiger partial charge in [-0.1, -0.05) is 0 Å². The molecule has 1 amide bonds. The molecule has 1 aliphatic carbocycles. The summed E-state index contributed by atoms with van der Waals surface area (Å²) < 4.78 is 12.5. The number of fused-ring (bicyclic) bond motifs is 2. The highest BCUT2D eigenvalue weighted by Crippen LogP contribution is 2.45. The van der Waals surface area contributed by atoms with Gasteiger partial charge in [0.15, 0.2) is 11.4 Å². The summed E-state index contributed by atoms with van der Waals surface area (Å²) in [4.78, 5) is 32.6. The lowest BCUT2D eigenvalue weighted by Gasteiger charge is -2.37. The number of hydrogen-bond donors (Lipinski definition) is 2. The van der Waals surface area contributed by atoms with Gasteiger partial charge in [-0.2, -0.15) is 5.10 Å². The number of nitrogens with one attached hydrogen (secondary N) is 1. The molecule has 1 unspecified atom stereocenters. The van der Waals surface area contributed by atoms with Gasteiger partial charge in [0.1, 0.15) is 11.5 Å². The maximum absolute atomic E-state index is 13.3. The molecule has 0 radical (unpaired) electrons. The van der Waals surface area contributed by atoms with E-state index in [0.29, 0.717) is 67.1 Å². The summed E-state index contributed by atoms with van der Waals surface area (Å²) in [6.45, 7) is 4.72. The molecule has 186 valence electrons. The molecule has 0 spiro atoms. The average Bonchev–Trinajstić information content (AvgIpc) is 3.57. The standard InChI is InChI=1S/C26H27N5O5/c1-15(30-9-11-31(12-10-30)26(33)34)22-20(35-14-16-4-5-16)7-6-18-23(32)21(36-24(18)22)13-19-17-3-2-8-27-25(17)29-28-19/h2-3,6-8,13,15-16H,4-5,9-12,14H2,1H3,(H,33,34)(H,27,28,29)/b21-13-. The van der Waals surface area contributed by atoms with Crippen molar-refractivity contribution in [3.63, 3.8) is 0 Å². The number of carbonyl (C=O) groups is 2. The molecule has 1 saturated heterocycles. The lowest BCUT2D eigenvalue weighted by molar-refractivity contribution is 0.0874. The number of nitrogens with zero attached hydrogens (tertiary/aromatic N) is 4. The van der Waals surface area contributed by atoms with E-state index in [-0.39, 0.29) is 17.6 Å². The van der Waals surface area contributed by atoms with Crippen LogP contribution in [0.25, 0.3) is 17.1 Å². The van der Waals surface area contributed by atoms with Crippen LogP contribution in [0.15, 0.2) is 36.2 Å². The van der Waals surface area contributed by atoms with Crippen molar-refractivity contribution in [3.8, 4) is 11.5 Å². The van der Waals surface area contributed by atoms with Crippen LogP contribution in [0, 0.1) is 5.92 Å². The second-order valence-electron chi connectivity index (χ2n) is 9.54. The molecule has 4 heterocycles. The maximum atomic E-state index is 13.3. The maximum Gasteiger partial charge on any atom is 0.407 e. The summed E-state index contributed by atoms with van der Waals surface area (Å²) >= 11 is 0. The van der Waals surface area contributed by atoms with Gasteiger partial charge >= 0.3 is 6.09 Å². The zero-order chi connectivity index (χ0) is 24.8. The number of pyridine rings is 1. The van der Waals surface area contributed by atoms with Gasteiger partial charge in [0.2, 0.25) is 5.78 Å². The van der Waals surface area contributed by atoms with Crippen molar-refractivity contribution in [2.24, 2.45) is 5.92 Å². The fraction of sp³-hybridized carbons (Fsp3) is 0.385. The van der Waals surface area contributed by atoms with Gasteiger partial charge in [0.05, 0.1) is 23.4 Å². The Labute approximate surface area is 207 Å². The van der Waals surface area contributed by atoms with Gasteiger partial charge < -0.3 is 19.5 Å². The Kier molecular flexibility index (Phi) is 5.60. The minimum Gasteiger partial charge on any atom is -0.493 e. The van der Waals surface area contributed by atoms with E-state index < -0.39 is 6.09 Å². The van der Waals surface area contributed by atoms with Crippen LogP contribution in [-0.4, -0.2) is 74.8 Å². The number of carbonyl (C=O) groups excluding carboxylic acids is 1. The van der Waals surface area contributed by atoms with E-state index in [1.807, 2.05) is 18.2 Å². The lowest BCUT2D eigenvalue weighted by atomic mass is 9.99. The highest BCUT2D eigenvalue weighted by atomic mass is 16.5. The van der Waals surface area contributed by atoms with Crippen molar-refractivity contribution in [2.75, 3.05) is 32.8 Å². The number of allylic oxidation sites excluding steroid dienone is 1. The highest BCUT2D eigenvalue weighted by Gasteiger charge is 2.36. The van der Waals surface area contributed by atoms with Crippen LogP contribution >= 0.6 is 0 Å². The first-order valence-electron chi connectivity index (χ1n) is 12.2. The van der Waals surface area contributed by atoms with Gasteiger partial charge in [-0.05, 0) is 49.9 Å². The summed E-state index contributed by atoms with van der Waals surface area (Å²) in [6.07, 6.45) is 4.76. The Bertz CT molecular complexity index is 1370. The normalized spacial score (nSPS) is 20.0. The molecule has 2 N–H and O–H groups in total. The van der Waals surface area contributed by atoms with Crippen LogP contribution in [0.1, 0.15) is 47.4 Å². The number of carboxylic acid groups (broad SMARTS) is 1. The predicted octanol–water partition coefficient (Wildman–Crippen LogP) is 3.72. The molecule has 1 aromatic carbocycles. The first-order chi connectivity index (χ1) is 17.5. The van der Waals surface area contributed by atoms with Crippen molar-refractivity contribution in [1.82, 2.24) is 25.0 Å². The van der Waals surface area contributed by atoms with E-state index in [0.717, 1.165) is 10.9 Å². The number of aromatic amines is 1. The fourth-order valence-corrected chi connectivity index (χ4v) is 4.86. The van der Waals surface area contributed by atoms with Crippen LogP contribution in [0.2, 0.25) is 0 Å². The average molecular weight is 490 g/mol. The van der Waals surface area contributed by atoms with Crippen molar-refractivity contribution in [3.05, 3.63) is 53.0 Å². The summed E-state index contributed by atoms with van der Waals surface area (Å²) in [6, 6.07) is 7.20. The van der Waals surface area contributed by atoms with Gasteiger partial charge in [0.25, 0.3) is 0 Å². The minimum atomic E-state index is -0.902. The van der Waals surface area contributed by atoms with Crippen molar-refractivity contribution in [2.45, 2.75) is 25.8 Å². The molecule has 2 aliphatic heterocycles. The SMILES string of the molecule is CC(c1c(OCC2CC2)ccc2c1O/C(=C\c1n[nH]c3ncccc13)C2=O)N1CCN(C(=O)O)CC1. The molecule has 10 nitrogen and oxygen atoms in total. The van der Waals surface area contributed by atoms with Crippen LogP contribution in [-0.2, 0) is 0 Å². The second-order valence-corrected chi connectivity index (χ2v) is 9.54. The number of ether oxygens (including phenoxy) is 2. The first kappa shape index (κ1) is 22.5. The fourth-order valence-electron chi connectivity index (χ4n) is 4.86. The predicted molar refractivity (Wildman–Crippen MR) is 131 cm³/mol. The van der Waals surface area contributed by atoms with Crippen LogP contribution < -0.4 is 9.47 Å². The number of rotatable bonds is 6. The van der Waals surface area contributed by atoms with E-state index in [1.165, 1.54) is 17.7 Å². The minimum absolute atomic E-state index is 0.132. The molecule has 1 atom stereocenters. The van der Waals surface area contributed by atoms with Crippen LogP contribution in [0.5, 0.6) is 11.5 Å². The first-order valence-corrected chi connectivity index (χ1v) is 12.2. The van der Waals surface area contributed by atoms with Gasteiger partial charge in [-0.25, -0.2) is 9.78 Å². The number of H-pyrrole nitrogens is 1. The highest BCUT2D eigenvalue weighted by molar-refractivity contribution is 6.15. The summed E-state index contributed by atoms with van der Waals surface area (Å²) in [7, 11) is 0. The third-order valence-electron chi connectivity index (χ3n) is 7.19. The third kappa shape index (κ3) is 4.07. The molecule has 6 rings (SSSR count). The molecular formula is C26H27N5O5. The van der Waals surface area contributed by atoms with E-state index in [4.69, 9.17) is 9.47 Å². The zero-order valence-corrected chi connectivity index (χ0v) is 19.9. The Hall–Kier alpha value is -3.92. The Morgan fingerprint density at radius 2 is 2.08 bits per heavy atom. The molecule has 36 heavy (non-hydrogen) atoms. The summed E-state index contributed by atoms with van der Waals surface area (Å²) in [5.41, 5.74) is 2.53. The third-order valence-corrected chi connectivity index (χ3v) is 7.19. The zero-order valence-electron chi connectivity index (χ0n) is 19.9. The van der Waals surface area contributed by atoms with Gasteiger partial charge in [0, 0.05) is 49.9 Å². The number of piperazine rings is 1. The molecule has 2 aromatic heterocycles. The smallest absolute Gasteiger partial charge is 0.407 e. The lowest BCUT2D eigenvalue weighted by Crippen LogP contribution is -2.48. The Balaban J connectivity index is 1.34. The molecular weight excluding hydrogens is 462 g/mol. The monoisotopic (exact) mass is 489 g/mol. The summed E-state index contributed by atoms with van der Waals surface area (Å²) in [5.74, 6) is 1.77. The van der Waals surface area contributed by atoms with Crippen molar-refractivity contribution >= 4 is 29.0 Å². The molecule has 1 saturated carbocycles. The number of hydrogen-bond acceptors (Lipinski definition) is 7. The summed E-state index contributed by atoms with van der Waals surface area (Å²) in [5, 5.41) is 17.3. The number of benzene rings is 1. The Morgan fingerprint density at radius 1 is 1.28 bits per heavy atom. The van der Waals surface area contributed by atoms with Gasteiger partial charge in [-0.3, -0.25) is 14.8 Å². The Morgan fingerprint density at radius 3 is 2.83 bits per heavy atom. The largest absolute Gasteiger partial charge is 0.493 e. The molecule has 2 fully saturated rings.